The van der Waals surface area contributed by atoms with Gasteiger partial charge in [-0.25, -0.2) is 0 Å². The average Bonchev–Trinajstić information content (AvgIpc) is 2.29. The lowest BCUT2D eigenvalue weighted by Crippen LogP contribution is -2.21. The molecule has 0 heterocycles. The molecule has 15 heavy (non-hydrogen) atoms. The zero-order valence-corrected chi connectivity index (χ0v) is 9.92. The van der Waals surface area contributed by atoms with Crippen LogP contribution in [-0.4, -0.2) is 11.2 Å². The van der Waals surface area contributed by atoms with Gasteiger partial charge >= 0.3 is 0 Å². The first-order valence-electron chi connectivity index (χ1n) is 6.34. The monoisotopic (exact) mass is 206 g/mol. The first-order valence-corrected chi connectivity index (χ1v) is 6.34. The van der Waals surface area contributed by atoms with E-state index in [1.165, 1.54) is 42.4 Å². The van der Waals surface area contributed by atoms with Crippen LogP contribution in [0.2, 0.25) is 0 Å². The highest BCUT2D eigenvalue weighted by Gasteiger charge is 2.26. The van der Waals surface area contributed by atoms with Crippen molar-refractivity contribution in [3.05, 3.63) is 22.8 Å². The highest BCUT2D eigenvalue weighted by molar-refractivity contribution is 5.42. The predicted molar refractivity (Wildman–Crippen MR) is 63.7 cm³/mol. The van der Waals surface area contributed by atoms with Crippen molar-refractivity contribution < 1.29 is 5.11 Å². The van der Waals surface area contributed by atoms with Gasteiger partial charge in [0.15, 0.2) is 0 Å². The number of allylic oxidation sites excluding steroid dienone is 2. The number of hydrogen-bond acceptors (Lipinski definition) is 1. The molecule has 0 bridgehead atoms. The van der Waals surface area contributed by atoms with Crippen molar-refractivity contribution in [2.24, 2.45) is 5.92 Å². The molecule has 0 aromatic rings. The predicted octanol–water partition coefficient (Wildman–Crippen LogP) is 3.59. The molecule has 2 unspecified atom stereocenters. The Kier molecular flexibility index (Phi) is 3.30. The highest BCUT2D eigenvalue weighted by atomic mass is 16.3. The first-order chi connectivity index (χ1) is 7.24. The minimum Gasteiger partial charge on any atom is -0.388 e. The zero-order chi connectivity index (χ0) is 10.8. The van der Waals surface area contributed by atoms with Gasteiger partial charge in [0, 0.05) is 0 Å². The summed E-state index contributed by atoms with van der Waals surface area (Å²) >= 11 is 0. The summed E-state index contributed by atoms with van der Waals surface area (Å²) < 4.78 is 0. The maximum atomic E-state index is 9.97. The van der Waals surface area contributed by atoms with Crippen LogP contribution in [0.25, 0.3) is 0 Å². The Balaban J connectivity index is 2.29. The summed E-state index contributed by atoms with van der Waals surface area (Å²) in [4.78, 5) is 0. The van der Waals surface area contributed by atoms with E-state index < -0.39 is 0 Å². The third kappa shape index (κ3) is 2.03. The second kappa shape index (κ2) is 4.52. The van der Waals surface area contributed by atoms with Crippen LogP contribution in [0, 0.1) is 5.92 Å². The van der Waals surface area contributed by atoms with E-state index in [4.69, 9.17) is 0 Å². The fraction of sp³-hybridized carbons (Fsp3) is 0.714. The minimum absolute atomic E-state index is 0.173. The van der Waals surface area contributed by atoms with Gasteiger partial charge in [0.25, 0.3) is 0 Å². The summed E-state index contributed by atoms with van der Waals surface area (Å²) in [6, 6.07) is 0. The van der Waals surface area contributed by atoms with E-state index in [9.17, 15) is 5.11 Å². The van der Waals surface area contributed by atoms with Gasteiger partial charge in [-0.15, -0.1) is 0 Å². The SMILES string of the molecule is CCC(C)C1=CCC(O)C2=C1CCCC2. The van der Waals surface area contributed by atoms with Crippen molar-refractivity contribution in [3.8, 4) is 0 Å². The second-order valence-corrected chi connectivity index (χ2v) is 4.93. The van der Waals surface area contributed by atoms with Crippen molar-refractivity contribution >= 4 is 0 Å². The maximum absolute atomic E-state index is 9.97. The van der Waals surface area contributed by atoms with E-state index in [2.05, 4.69) is 19.9 Å². The molecule has 1 heteroatoms. The second-order valence-electron chi connectivity index (χ2n) is 4.93. The van der Waals surface area contributed by atoms with E-state index in [1.807, 2.05) is 0 Å². The molecule has 0 spiro atoms. The Morgan fingerprint density at radius 2 is 2.13 bits per heavy atom. The number of rotatable bonds is 2. The van der Waals surface area contributed by atoms with E-state index in [0.717, 1.165) is 12.8 Å². The molecule has 0 fully saturated rings. The first kappa shape index (κ1) is 10.9. The summed E-state index contributed by atoms with van der Waals surface area (Å²) in [5.41, 5.74) is 4.41. The molecule has 1 N–H and O–H groups in total. The molecule has 84 valence electrons. The number of aliphatic hydroxyl groups excluding tert-OH is 1. The smallest absolute Gasteiger partial charge is 0.0790 e. The van der Waals surface area contributed by atoms with Crippen molar-refractivity contribution in [1.29, 1.82) is 0 Å². The van der Waals surface area contributed by atoms with Crippen LogP contribution in [0.15, 0.2) is 22.8 Å². The molecule has 0 radical (unpaired) electrons. The summed E-state index contributed by atoms with van der Waals surface area (Å²) in [6.07, 6.45) is 9.06. The lowest BCUT2D eigenvalue weighted by atomic mass is 9.76. The molecule has 1 nitrogen and oxygen atoms in total. The summed E-state index contributed by atoms with van der Waals surface area (Å²) in [7, 11) is 0. The number of hydrogen-bond donors (Lipinski definition) is 1. The highest BCUT2D eigenvalue weighted by Crippen LogP contribution is 2.39. The van der Waals surface area contributed by atoms with Crippen molar-refractivity contribution in [2.75, 3.05) is 0 Å². The Morgan fingerprint density at radius 1 is 1.40 bits per heavy atom. The topological polar surface area (TPSA) is 20.2 Å². The molecule has 2 atom stereocenters. The summed E-state index contributed by atoms with van der Waals surface area (Å²) in [5.74, 6) is 0.667. The molecule has 0 saturated carbocycles. The molecule has 0 amide bonds. The molecule has 2 aliphatic carbocycles. The molecule has 0 aromatic carbocycles. The fourth-order valence-corrected chi connectivity index (χ4v) is 2.85. The van der Waals surface area contributed by atoms with Gasteiger partial charge in [0.2, 0.25) is 0 Å². The van der Waals surface area contributed by atoms with Crippen LogP contribution in [0.1, 0.15) is 52.4 Å². The minimum atomic E-state index is -0.173. The van der Waals surface area contributed by atoms with Gasteiger partial charge < -0.3 is 5.11 Å². The lowest BCUT2D eigenvalue weighted by molar-refractivity contribution is 0.202. The Hall–Kier alpha value is -0.560. The van der Waals surface area contributed by atoms with Gasteiger partial charge in [0.1, 0.15) is 0 Å². The van der Waals surface area contributed by atoms with Crippen LogP contribution >= 0.6 is 0 Å². The van der Waals surface area contributed by atoms with Crippen molar-refractivity contribution in [2.45, 2.75) is 58.5 Å². The van der Waals surface area contributed by atoms with Crippen molar-refractivity contribution in [1.82, 2.24) is 0 Å². The standard InChI is InChI=1S/C14H22O/c1-3-10(2)11-8-9-14(15)13-7-5-4-6-12(11)13/h8,10,14-15H,3-7,9H2,1-2H3. The summed E-state index contributed by atoms with van der Waals surface area (Å²) in [6.45, 7) is 4.56. The van der Waals surface area contributed by atoms with Gasteiger partial charge in [-0.2, -0.15) is 0 Å². The maximum Gasteiger partial charge on any atom is 0.0790 e. The third-order valence-corrected chi connectivity index (χ3v) is 3.97. The molecule has 2 rings (SSSR count). The summed E-state index contributed by atoms with van der Waals surface area (Å²) in [5, 5.41) is 9.97. The van der Waals surface area contributed by atoms with Crippen molar-refractivity contribution in [3.63, 3.8) is 0 Å². The Labute approximate surface area is 92.9 Å². The lowest BCUT2D eigenvalue weighted by Gasteiger charge is -2.31. The Morgan fingerprint density at radius 3 is 2.87 bits per heavy atom. The fourth-order valence-electron chi connectivity index (χ4n) is 2.85. The third-order valence-electron chi connectivity index (χ3n) is 3.97. The van der Waals surface area contributed by atoms with E-state index in [0.29, 0.717) is 5.92 Å². The molecule has 2 aliphatic rings. The normalized spacial score (nSPS) is 28.5. The quantitative estimate of drug-likeness (QED) is 0.732. The molecule has 0 saturated heterocycles. The molecular weight excluding hydrogens is 184 g/mol. The van der Waals surface area contributed by atoms with E-state index in [-0.39, 0.29) is 6.10 Å². The van der Waals surface area contributed by atoms with Crippen LogP contribution in [0.5, 0.6) is 0 Å². The van der Waals surface area contributed by atoms with Gasteiger partial charge in [-0.05, 0) is 61.2 Å². The van der Waals surface area contributed by atoms with Crippen LogP contribution in [0.3, 0.4) is 0 Å². The van der Waals surface area contributed by atoms with Gasteiger partial charge in [-0.1, -0.05) is 19.9 Å². The van der Waals surface area contributed by atoms with E-state index >= 15 is 0 Å². The van der Waals surface area contributed by atoms with Gasteiger partial charge in [-0.3, -0.25) is 0 Å². The molecule has 0 aromatic heterocycles. The number of aliphatic hydroxyl groups is 1. The van der Waals surface area contributed by atoms with Crippen LogP contribution < -0.4 is 0 Å². The van der Waals surface area contributed by atoms with E-state index in [1.54, 1.807) is 0 Å². The largest absolute Gasteiger partial charge is 0.388 e. The molecular formula is C14H22O. The Bertz CT molecular complexity index is 298. The van der Waals surface area contributed by atoms with Gasteiger partial charge in [0.05, 0.1) is 6.10 Å². The van der Waals surface area contributed by atoms with Crippen LogP contribution in [0.4, 0.5) is 0 Å². The average molecular weight is 206 g/mol. The van der Waals surface area contributed by atoms with Crippen LogP contribution in [-0.2, 0) is 0 Å². The molecule has 0 aliphatic heterocycles. The zero-order valence-electron chi connectivity index (χ0n) is 9.92.